The summed E-state index contributed by atoms with van der Waals surface area (Å²) in [7, 11) is 3.26. The van der Waals surface area contributed by atoms with Gasteiger partial charge in [-0.05, 0) is 24.6 Å². The molecule has 1 unspecified atom stereocenters. The van der Waals surface area contributed by atoms with E-state index in [1.807, 2.05) is 31.2 Å². The normalized spacial score (nSPS) is 13.0. The summed E-state index contributed by atoms with van der Waals surface area (Å²) in [5.74, 6) is 0.811. The zero-order valence-corrected chi connectivity index (χ0v) is 8.19. The number of methoxy groups -OCH3 is 1. The van der Waals surface area contributed by atoms with Crippen LogP contribution in [0.25, 0.3) is 0 Å². The van der Waals surface area contributed by atoms with Crippen molar-refractivity contribution in [3.05, 3.63) is 29.8 Å². The molecule has 13 heavy (non-hydrogen) atoms. The van der Waals surface area contributed by atoms with Crippen molar-refractivity contribution in [3.63, 3.8) is 0 Å². The Morgan fingerprint density at radius 3 is 2.69 bits per heavy atom. The van der Waals surface area contributed by atoms with Crippen LogP contribution in [0.1, 0.15) is 18.5 Å². The molecule has 72 valence electrons. The maximum Gasteiger partial charge on any atom is 0.119 e. The first kappa shape index (κ1) is 10.0. The standard InChI is InChI=1S/C10H15NO2/c1-8(11(2)12)9-5-4-6-10(7-9)13-3/h4-8,12H,1-3H3. The van der Waals surface area contributed by atoms with Crippen molar-refractivity contribution in [2.45, 2.75) is 13.0 Å². The molecule has 0 radical (unpaired) electrons. The first-order valence-electron chi connectivity index (χ1n) is 4.21. The second-order valence-corrected chi connectivity index (χ2v) is 3.03. The van der Waals surface area contributed by atoms with Crippen molar-refractivity contribution in [1.82, 2.24) is 5.06 Å². The predicted octanol–water partition coefficient (Wildman–Crippen LogP) is 2.08. The molecule has 1 aromatic rings. The van der Waals surface area contributed by atoms with E-state index in [2.05, 4.69) is 0 Å². The fraction of sp³-hybridized carbons (Fsp3) is 0.400. The highest BCUT2D eigenvalue weighted by Crippen LogP contribution is 2.21. The molecule has 0 saturated heterocycles. The van der Waals surface area contributed by atoms with Crippen molar-refractivity contribution >= 4 is 0 Å². The summed E-state index contributed by atoms with van der Waals surface area (Å²) >= 11 is 0. The van der Waals surface area contributed by atoms with Gasteiger partial charge in [0.1, 0.15) is 5.75 Å². The summed E-state index contributed by atoms with van der Waals surface area (Å²) in [5.41, 5.74) is 1.03. The first-order chi connectivity index (χ1) is 6.15. The average molecular weight is 181 g/mol. The molecule has 1 aromatic carbocycles. The van der Waals surface area contributed by atoms with E-state index in [4.69, 9.17) is 4.74 Å². The SMILES string of the molecule is COc1cccc(C(C)N(C)O)c1. The topological polar surface area (TPSA) is 32.7 Å². The third-order valence-electron chi connectivity index (χ3n) is 2.14. The van der Waals surface area contributed by atoms with Crippen LogP contribution < -0.4 is 4.74 Å². The van der Waals surface area contributed by atoms with Crippen molar-refractivity contribution in [2.24, 2.45) is 0 Å². The summed E-state index contributed by atoms with van der Waals surface area (Å²) in [6.07, 6.45) is 0. The Morgan fingerprint density at radius 2 is 2.15 bits per heavy atom. The number of rotatable bonds is 3. The van der Waals surface area contributed by atoms with Crippen molar-refractivity contribution in [2.75, 3.05) is 14.2 Å². The van der Waals surface area contributed by atoms with Crippen LogP contribution in [0.15, 0.2) is 24.3 Å². The molecule has 0 amide bonds. The maximum atomic E-state index is 9.23. The number of nitrogens with zero attached hydrogens (tertiary/aromatic N) is 1. The molecule has 1 N–H and O–H groups in total. The molecule has 0 heterocycles. The third kappa shape index (κ3) is 2.44. The van der Waals surface area contributed by atoms with Gasteiger partial charge in [-0.1, -0.05) is 12.1 Å². The Balaban J connectivity index is 2.88. The number of hydrogen-bond donors (Lipinski definition) is 1. The van der Waals surface area contributed by atoms with E-state index in [-0.39, 0.29) is 6.04 Å². The zero-order valence-electron chi connectivity index (χ0n) is 8.19. The van der Waals surface area contributed by atoms with Crippen LogP contribution >= 0.6 is 0 Å². The molecule has 1 atom stereocenters. The predicted molar refractivity (Wildman–Crippen MR) is 51.0 cm³/mol. The van der Waals surface area contributed by atoms with E-state index >= 15 is 0 Å². The Hall–Kier alpha value is -1.06. The van der Waals surface area contributed by atoms with Gasteiger partial charge in [0.2, 0.25) is 0 Å². The van der Waals surface area contributed by atoms with Gasteiger partial charge in [0.05, 0.1) is 13.2 Å². The van der Waals surface area contributed by atoms with Gasteiger partial charge < -0.3 is 9.94 Å². The highest BCUT2D eigenvalue weighted by atomic mass is 16.5. The van der Waals surface area contributed by atoms with E-state index in [9.17, 15) is 5.21 Å². The quantitative estimate of drug-likeness (QED) is 0.724. The van der Waals surface area contributed by atoms with Gasteiger partial charge in [0.25, 0.3) is 0 Å². The molecule has 0 bridgehead atoms. The van der Waals surface area contributed by atoms with Gasteiger partial charge in [-0.2, -0.15) is 5.06 Å². The molecular weight excluding hydrogens is 166 g/mol. The molecule has 1 rings (SSSR count). The third-order valence-corrected chi connectivity index (χ3v) is 2.14. The molecule has 3 nitrogen and oxygen atoms in total. The highest BCUT2D eigenvalue weighted by molar-refractivity contribution is 5.29. The van der Waals surface area contributed by atoms with Crippen LogP contribution in [-0.2, 0) is 0 Å². The molecule has 0 fully saturated rings. The molecule has 0 aliphatic rings. The van der Waals surface area contributed by atoms with E-state index < -0.39 is 0 Å². The molecule has 0 aromatic heterocycles. The second kappa shape index (κ2) is 4.25. The lowest BCUT2D eigenvalue weighted by atomic mass is 10.1. The van der Waals surface area contributed by atoms with Gasteiger partial charge in [0.15, 0.2) is 0 Å². The largest absolute Gasteiger partial charge is 0.497 e. The summed E-state index contributed by atoms with van der Waals surface area (Å²) < 4.78 is 5.08. The lowest BCUT2D eigenvalue weighted by molar-refractivity contribution is -0.0984. The minimum absolute atomic E-state index is 0.0184. The monoisotopic (exact) mass is 181 g/mol. The summed E-state index contributed by atoms with van der Waals surface area (Å²) in [6.45, 7) is 1.93. The van der Waals surface area contributed by atoms with E-state index in [1.165, 1.54) is 5.06 Å². The Bertz CT molecular complexity index is 273. The minimum atomic E-state index is -0.0184. The van der Waals surface area contributed by atoms with Gasteiger partial charge in [-0.15, -0.1) is 0 Å². The lowest BCUT2D eigenvalue weighted by Crippen LogP contribution is -2.17. The van der Waals surface area contributed by atoms with E-state index in [0.717, 1.165) is 11.3 Å². The lowest BCUT2D eigenvalue weighted by Gasteiger charge is -2.18. The number of hydrogen-bond acceptors (Lipinski definition) is 3. The molecule has 0 aliphatic carbocycles. The second-order valence-electron chi connectivity index (χ2n) is 3.03. The first-order valence-corrected chi connectivity index (χ1v) is 4.21. The Labute approximate surface area is 78.5 Å². The summed E-state index contributed by atoms with van der Waals surface area (Å²) in [5, 5.41) is 10.4. The maximum absolute atomic E-state index is 9.23. The molecule has 0 aliphatic heterocycles. The van der Waals surface area contributed by atoms with Gasteiger partial charge in [-0.3, -0.25) is 0 Å². The van der Waals surface area contributed by atoms with Crippen LogP contribution in [0, 0.1) is 0 Å². The zero-order chi connectivity index (χ0) is 9.84. The fourth-order valence-electron chi connectivity index (χ4n) is 1.12. The molecule has 0 saturated carbocycles. The summed E-state index contributed by atoms with van der Waals surface area (Å²) in [6, 6.07) is 7.65. The van der Waals surface area contributed by atoms with Crippen molar-refractivity contribution in [1.29, 1.82) is 0 Å². The van der Waals surface area contributed by atoms with Gasteiger partial charge in [-0.25, -0.2) is 0 Å². The van der Waals surface area contributed by atoms with E-state index in [1.54, 1.807) is 14.2 Å². The minimum Gasteiger partial charge on any atom is -0.497 e. The molecule has 3 heteroatoms. The highest BCUT2D eigenvalue weighted by Gasteiger charge is 2.09. The number of benzene rings is 1. The van der Waals surface area contributed by atoms with Crippen LogP contribution in [0.5, 0.6) is 5.75 Å². The number of ether oxygens (including phenoxy) is 1. The smallest absolute Gasteiger partial charge is 0.119 e. The Kier molecular flexibility index (Phi) is 3.28. The Morgan fingerprint density at radius 1 is 1.46 bits per heavy atom. The van der Waals surface area contributed by atoms with Crippen LogP contribution in [0.4, 0.5) is 0 Å². The van der Waals surface area contributed by atoms with Gasteiger partial charge >= 0.3 is 0 Å². The van der Waals surface area contributed by atoms with E-state index in [0.29, 0.717) is 0 Å². The average Bonchev–Trinajstić information content (AvgIpc) is 2.16. The van der Waals surface area contributed by atoms with Crippen LogP contribution in [-0.4, -0.2) is 24.4 Å². The molecule has 0 spiro atoms. The summed E-state index contributed by atoms with van der Waals surface area (Å²) in [4.78, 5) is 0. The van der Waals surface area contributed by atoms with Crippen molar-refractivity contribution in [3.8, 4) is 5.75 Å². The van der Waals surface area contributed by atoms with Gasteiger partial charge in [0, 0.05) is 7.05 Å². The van der Waals surface area contributed by atoms with Crippen LogP contribution in [0.3, 0.4) is 0 Å². The van der Waals surface area contributed by atoms with Crippen molar-refractivity contribution < 1.29 is 9.94 Å². The number of hydroxylamine groups is 2. The van der Waals surface area contributed by atoms with Crippen LogP contribution in [0.2, 0.25) is 0 Å². The fourth-order valence-corrected chi connectivity index (χ4v) is 1.12. The molecular formula is C10H15NO2.